The lowest BCUT2D eigenvalue weighted by Gasteiger charge is -2.25. The lowest BCUT2D eigenvalue weighted by molar-refractivity contribution is 0.625. The van der Waals surface area contributed by atoms with Crippen LogP contribution in [0.3, 0.4) is 0 Å². The molecule has 0 unspecified atom stereocenters. The smallest absolute Gasteiger partial charge is 0.146 e. The highest BCUT2D eigenvalue weighted by molar-refractivity contribution is 5.64. The summed E-state index contributed by atoms with van der Waals surface area (Å²) in [6.07, 6.45) is 3.21. The van der Waals surface area contributed by atoms with Gasteiger partial charge in [-0.3, -0.25) is 0 Å². The summed E-state index contributed by atoms with van der Waals surface area (Å²) < 4.78 is 14.1. The number of benzene rings is 1. The minimum atomic E-state index is -0.232. The Morgan fingerprint density at radius 2 is 2.10 bits per heavy atom. The van der Waals surface area contributed by atoms with Crippen molar-refractivity contribution in [2.45, 2.75) is 32.7 Å². The predicted octanol–water partition coefficient (Wildman–Crippen LogP) is 3.33. The first-order chi connectivity index (χ1) is 10.2. The van der Waals surface area contributed by atoms with Gasteiger partial charge in [0.2, 0.25) is 0 Å². The van der Waals surface area contributed by atoms with Gasteiger partial charge in [0, 0.05) is 24.3 Å². The Hall–Kier alpha value is -1.94. The first-order valence-electron chi connectivity index (χ1n) is 7.48. The van der Waals surface area contributed by atoms with Crippen LogP contribution in [0.25, 0.3) is 0 Å². The zero-order valence-corrected chi connectivity index (χ0v) is 12.3. The van der Waals surface area contributed by atoms with E-state index in [4.69, 9.17) is 10.7 Å². The van der Waals surface area contributed by atoms with E-state index in [1.807, 2.05) is 17.9 Å². The normalized spacial score (nSPS) is 13.3. The van der Waals surface area contributed by atoms with Crippen LogP contribution in [0, 0.1) is 5.82 Å². The van der Waals surface area contributed by atoms with Gasteiger partial charge in [-0.05, 0) is 49.9 Å². The van der Waals surface area contributed by atoms with Crippen molar-refractivity contribution < 1.29 is 4.39 Å². The number of nitrogens with two attached hydrogens (primary N) is 1. The highest BCUT2D eigenvalue weighted by Crippen LogP contribution is 2.32. The van der Waals surface area contributed by atoms with Gasteiger partial charge in [0.1, 0.15) is 11.6 Å². The third-order valence-electron chi connectivity index (χ3n) is 4.04. The summed E-state index contributed by atoms with van der Waals surface area (Å²) in [5.74, 6) is 0.565. The molecule has 21 heavy (non-hydrogen) atoms. The fourth-order valence-electron chi connectivity index (χ4n) is 3.00. The van der Waals surface area contributed by atoms with Crippen molar-refractivity contribution in [1.29, 1.82) is 0 Å². The number of pyridine rings is 1. The Labute approximate surface area is 124 Å². The number of hydrogen-bond acceptors (Lipinski definition) is 3. The maximum absolute atomic E-state index is 14.1. The largest absolute Gasteiger partial charge is 0.326 e. The molecule has 1 heterocycles. The number of anilines is 2. The fraction of sp³-hybridized carbons (Fsp3) is 0.353. The average molecular weight is 285 g/mol. The quantitative estimate of drug-likeness (QED) is 0.937. The SMILES string of the molecule is CCN(c1ccccc1F)c1nc2c(cc1CN)CCC2. The molecule has 0 atom stereocenters. The second kappa shape index (κ2) is 5.82. The molecule has 0 radical (unpaired) electrons. The van der Waals surface area contributed by atoms with Crippen LogP contribution in [0.5, 0.6) is 0 Å². The van der Waals surface area contributed by atoms with Crippen LogP contribution >= 0.6 is 0 Å². The molecule has 0 saturated heterocycles. The van der Waals surface area contributed by atoms with Gasteiger partial charge in [-0.2, -0.15) is 0 Å². The molecule has 3 nitrogen and oxygen atoms in total. The van der Waals surface area contributed by atoms with Crippen molar-refractivity contribution in [3.8, 4) is 0 Å². The van der Waals surface area contributed by atoms with Gasteiger partial charge in [-0.25, -0.2) is 9.37 Å². The molecule has 0 amide bonds. The molecule has 1 aromatic heterocycles. The number of para-hydroxylation sites is 1. The molecular formula is C17H20FN3. The van der Waals surface area contributed by atoms with E-state index in [1.54, 1.807) is 12.1 Å². The highest BCUT2D eigenvalue weighted by Gasteiger charge is 2.21. The first-order valence-corrected chi connectivity index (χ1v) is 7.48. The molecule has 2 aromatic rings. The molecule has 1 aliphatic rings. The van der Waals surface area contributed by atoms with Gasteiger partial charge in [-0.1, -0.05) is 12.1 Å². The van der Waals surface area contributed by atoms with E-state index in [0.29, 0.717) is 18.8 Å². The molecule has 3 rings (SSSR count). The van der Waals surface area contributed by atoms with Crippen molar-refractivity contribution in [3.05, 3.63) is 53.0 Å². The van der Waals surface area contributed by atoms with Crippen LogP contribution in [-0.2, 0) is 19.4 Å². The molecule has 1 aliphatic carbocycles. The van der Waals surface area contributed by atoms with Gasteiger partial charge in [-0.15, -0.1) is 0 Å². The summed E-state index contributed by atoms with van der Waals surface area (Å²) in [7, 11) is 0. The molecule has 0 spiro atoms. The van der Waals surface area contributed by atoms with Crippen molar-refractivity contribution in [3.63, 3.8) is 0 Å². The number of halogens is 1. The molecule has 2 N–H and O–H groups in total. The topological polar surface area (TPSA) is 42.2 Å². The van der Waals surface area contributed by atoms with E-state index >= 15 is 0 Å². The average Bonchev–Trinajstić information content (AvgIpc) is 2.96. The van der Waals surface area contributed by atoms with Crippen LogP contribution in [0.1, 0.15) is 30.2 Å². The van der Waals surface area contributed by atoms with Crippen LogP contribution in [0.4, 0.5) is 15.9 Å². The Morgan fingerprint density at radius 3 is 2.81 bits per heavy atom. The standard InChI is InChI=1S/C17H20FN3/c1-2-21(16-9-4-3-7-14(16)18)17-13(11-19)10-12-6-5-8-15(12)20-17/h3-4,7,9-10H,2,5-6,8,11,19H2,1H3. The van der Waals surface area contributed by atoms with Crippen molar-refractivity contribution >= 4 is 11.5 Å². The maximum atomic E-state index is 14.1. The Morgan fingerprint density at radius 1 is 1.29 bits per heavy atom. The number of aromatic nitrogens is 1. The van der Waals surface area contributed by atoms with Gasteiger partial charge < -0.3 is 10.6 Å². The van der Waals surface area contributed by atoms with Crippen molar-refractivity contribution in [2.75, 3.05) is 11.4 Å². The molecule has 0 bridgehead atoms. The monoisotopic (exact) mass is 285 g/mol. The van der Waals surface area contributed by atoms with E-state index in [0.717, 1.165) is 36.3 Å². The molecular weight excluding hydrogens is 265 g/mol. The number of aryl methyl sites for hydroxylation is 2. The summed E-state index contributed by atoms with van der Waals surface area (Å²) in [4.78, 5) is 6.70. The number of fused-ring (bicyclic) bond motifs is 1. The summed E-state index contributed by atoms with van der Waals surface area (Å²) in [5.41, 5.74) is 9.87. The molecule has 4 heteroatoms. The Kier molecular flexibility index (Phi) is 3.88. The summed E-state index contributed by atoms with van der Waals surface area (Å²) >= 11 is 0. The lowest BCUT2D eigenvalue weighted by atomic mass is 10.1. The molecule has 1 aromatic carbocycles. The second-order valence-corrected chi connectivity index (χ2v) is 5.33. The third kappa shape index (κ3) is 2.51. The summed E-state index contributed by atoms with van der Waals surface area (Å²) in [6.45, 7) is 3.07. The molecule has 0 fully saturated rings. The minimum Gasteiger partial charge on any atom is -0.326 e. The van der Waals surface area contributed by atoms with Gasteiger partial charge in [0.15, 0.2) is 0 Å². The van der Waals surface area contributed by atoms with Crippen LogP contribution in [-0.4, -0.2) is 11.5 Å². The Bertz CT molecular complexity index is 654. The fourth-order valence-corrected chi connectivity index (χ4v) is 3.00. The van der Waals surface area contributed by atoms with E-state index in [1.165, 1.54) is 11.6 Å². The highest BCUT2D eigenvalue weighted by atomic mass is 19.1. The summed E-state index contributed by atoms with van der Waals surface area (Å²) in [6, 6.07) is 8.96. The minimum absolute atomic E-state index is 0.232. The molecule has 0 aliphatic heterocycles. The molecule has 110 valence electrons. The van der Waals surface area contributed by atoms with Gasteiger partial charge >= 0.3 is 0 Å². The van der Waals surface area contributed by atoms with Crippen molar-refractivity contribution in [2.24, 2.45) is 5.73 Å². The second-order valence-electron chi connectivity index (χ2n) is 5.33. The first kappa shape index (κ1) is 14.0. The van der Waals surface area contributed by atoms with Crippen LogP contribution in [0.15, 0.2) is 30.3 Å². The van der Waals surface area contributed by atoms with E-state index in [2.05, 4.69) is 6.07 Å². The van der Waals surface area contributed by atoms with E-state index < -0.39 is 0 Å². The lowest BCUT2D eigenvalue weighted by Crippen LogP contribution is -2.22. The number of nitrogens with zero attached hydrogens (tertiary/aromatic N) is 2. The maximum Gasteiger partial charge on any atom is 0.146 e. The van der Waals surface area contributed by atoms with Crippen LogP contribution < -0.4 is 10.6 Å². The van der Waals surface area contributed by atoms with Crippen molar-refractivity contribution in [1.82, 2.24) is 4.98 Å². The summed E-state index contributed by atoms with van der Waals surface area (Å²) in [5, 5.41) is 0. The van der Waals surface area contributed by atoms with Crippen LogP contribution in [0.2, 0.25) is 0 Å². The zero-order chi connectivity index (χ0) is 14.8. The Balaban J connectivity index is 2.11. The number of hydrogen-bond donors (Lipinski definition) is 1. The number of rotatable bonds is 4. The van der Waals surface area contributed by atoms with Gasteiger partial charge in [0.25, 0.3) is 0 Å². The third-order valence-corrected chi connectivity index (χ3v) is 4.04. The van der Waals surface area contributed by atoms with Gasteiger partial charge in [0.05, 0.1) is 5.69 Å². The predicted molar refractivity (Wildman–Crippen MR) is 83.2 cm³/mol. The molecule has 0 saturated carbocycles. The zero-order valence-electron chi connectivity index (χ0n) is 12.3. The van der Waals surface area contributed by atoms with E-state index in [-0.39, 0.29) is 5.82 Å². The van der Waals surface area contributed by atoms with E-state index in [9.17, 15) is 4.39 Å².